The maximum absolute atomic E-state index is 13.0. The van der Waals surface area contributed by atoms with Gasteiger partial charge in [0.1, 0.15) is 10.7 Å². The highest BCUT2D eigenvalue weighted by atomic mass is 32.2. The van der Waals surface area contributed by atoms with E-state index < -0.39 is 15.8 Å². The fraction of sp³-hybridized carbons (Fsp3) is 0.538. The lowest BCUT2D eigenvalue weighted by atomic mass is 10.1. The number of aliphatic hydroxyl groups excluding tert-OH is 1. The normalized spacial score (nSPS) is 18.0. The van der Waals surface area contributed by atoms with Crippen LogP contribution in [0.3, 0.4) is 0 Å². The number of nitrogens with zero attached hydrogens (tertiary/aromatic N) is 1. The van der Waals surface area contributed by atoms with Gasteiger partial charge in [-0.1, -0.05) is 0 Å². The Kier molecular flexibility index (Phi) is 5.15. The number of nitrogen functional groups attached to an aromatic ring is 1. The van der Waals surface area contributed by atoms with Gasteiger partial charge in [-0.15, -0.1) is 0 Å². The van der Waals surface area contributed by atoms with Crippen molar-refractivity contribution in [2.45, 2.75) is 23.8 Å². The lowest BCUT2D eigenvalue weighted by Gasteiger charge is -2.31. The summed E-state index contributed by atoms with van der Waals surface area (Å²) in [5.41, 5.74) is 5.52. The molecule has 0 atom stereocenters. The molecule has 0 unspecified atom stereocenters. The van der Waals surface area contributed by atoms with Crippen LogP contribution in [0.4, 0.5) is 10.1 Å². The Hall–Kier alpha value is -1.22. The van der Waals surface area contributed by atoms with Gasteiger partial charge in [-0.25, -0.2) is 12.8 Å². The molecule has 3 N–H and O–H groups in total. The Morgan fingerprint density at radius 1 is 1.38 bits per heavy atom. The summed E-state index contributed by atoms with van der Waals surface area (Å²) >= 11 is 0. The minimum atomic E-state index is -3.72. The van der Waals surface area contributed by atoms with Gasteiger partial charge in [0, 0.05) is 13.1 Å². The number of hydrogen-bond donors (Lipinski definition) is 2. The van der Waals surface area contributed by atoms with Crippen LogP contribution in [0.1, 0.15) is 12.8 Å². The van der Waals surface area contributed by atoms with Crippen LogP contribution in [0, 0.1) is 5.82 Å². The number of benzene rings is 1. The molecule has 1 fully saturated rings. The third-order valence-corrected chi connectivity index (χ3v) is 5.41. The fourth-order valence-electron chi connectivity index (χ4n) is 2.35. The number of sulfonamides is 1. The molecule has 1 saturated heterocycles. The zero-order valence-electron chi connectivity index (χ0n) is 11.5. The van der Waals surface area contributed by atoms with E-state index in [0.29, 0.717) is 25.9 Å². The molecular formula is C13H19FN2O4S. The molecule has 1 heterocycles. The predicted octanol–water partition coefficient (Wildman–Crippen LogP) is 0.570. The number of piperidine rings is 1. The van der Waals surface area contributed by atoms with Crippen LogP contribution < -0.4 is 5.73 Å². The van der Waals surface area contributed by atoms with E-state index in [2.05, 4.69) is 0 Å². The predicted molar refractivity (Wildman–Crippen MR) is 75.6 cm³/mol. The smallest absolute Gasteiger partial charge is 0.245 e. The molecular weight excluding hydrogens is 299 g/mol. The highest BCUT2D eigenvalue weighted by molar-refractivity contribution is 7.89. The summed E-state index contributed by atoms with van der Waals surface area (Å²) < 4.78 is 44.7. The molecule has 21 heavy (non-hydrogen) atoms. The minimum Gasteiger partial charge on any atom is -0.398 e. The molecule has 118 valence electrons. The van der Waals surface area contributed by atoms with E-state index in [9.17, 15) is 12.8 Å². The Morgan fingerprint density at radius 2 is 2.05 bits per heavy atom. The van der Waals surface area contributed by atoms with E-state index >= 15 is 0 Å². The zero-order valence-corrected chi connectivity index (χ0v) is 12.4. The molecule has 0 spiro atoms. The van der Waals surface area contributed by atoms with E-state index in [4.69, 9.17) is 15.6 Å². The molecule has 0 radical (unpaired) electrons. The van der Waals surface area contributed by atoms with Crippen LogP contribution in [-0.4, -0.2) is 50.2 Å². The van der Waals surface area contributed by atoms with Crippen LogP contribution in [0.2, 0.25) is 0 Å². The highest BCUT2D eigenvalue weighted by Gasteiger charge is 2.31. The number of hydrogen-bond acceptors (Lipinski definition) is 5. The Bertz CT molecular complexity index is 586. The minimum absolute atomic E-state index is 0.0471. The topological polar surface area (TPSA) is 92.9 Å². The van der Waals surface area contributed by atoms with E-state index in [1.807, 2.05) is 0 Å². The summed E-state index contributed by atoms with van der Waals surface area (Å²) in [4.78, 5) is -0.0707. The molecule has 0 amide bonds. The average Bonchev–Trinajstić information content (AvgIpc) is 2.45. The van der Waals surface area contributed by atoms with Crippen molar-refractivity contribution in [1.82, 2.24) is 4.31 Å². The van der Waals surface area contributed by atoms with E-state index in [0.717, 1.165) is 12.1 Å². The lowest BCUT2D eigenvalue weighted by molar-refractivity contribution is 0.00319. The largest absolute Gasteiger partial charge is 0.398 e. The van der Waals surface area contributed by atoms with Crippen molar-refractivity contribution in [3.8, 4) is 0 Å². The highest BCUT2D eigenvalue weighted by Crippen LogP contribution is 2.26. The van der Waals surface area contributed by atoms with Crippen LogP contribution in [-0.2, 0) is 14.8 Å². The molecule has 8 heteroatoms. The summed E-state index contributed by atoms with van der Waals surface area (Å²) in [6.45, 7) is 0.831. The van der Waals surface area contributed by atoms with Crippen molar-refractivity contribution < 1.29 is 22.7 Å². The molecule has 1 aromatic rings. The van der Waals surface area contributed by atoms with Gasteiger partial charge in [0.15, 0.2) is 0 Å². The van der Waals surface area contributed by atoms with Gasteiger partial charge in [-0.05, 0) is 31.0 Å². The second-order valence-corrected chi connectivity index (χ2v) is 6.79. The molecule has 0 saturated carbocycles. The van der Waals surface area contributed by atoms with Crippen molar-refractivity contribution >= 4 is 15.7 Å². The number of ether oxygens (including phenoxy) is 1. The first kappa shape index (κ1) is 16.2. The monoisotopic (exact) mass is 318 g/mol. The Balaban J connectivity index is 2.08. The number of rotatable bonds is 5. The van der Waals surface area contributed by atoms with Gasteiger partial charge in [0.05, 0.1) is 25.0 Å². The standard InChI is InChI=1S/C13H19FN2O4S/c14-10-1-2-13(12(15)9-10)21(18,19)16-5-3-11(4-6-16)20-8-7-17/h1-2,9,11,17H,3-8,15H2. The molecule has 1 aromatic carbocycles. The first-order valence-corrected chi connectivity index (χ1v) is 8.17. The third kappa shape index (κ3) is 3.70. The second kappa shape index (κ2) is 6.69. The van der Waals surface area contributed by atoms with Crippen LogP contribution >= 0.6 is 0 Å². The van der Waals surface area contributed by atoms with Gasteiger partial charge in [-0.2, -0.15) is 4.31 Å². The van der Waals surface area contributed by atoms with Gasteiger partial charge in [0.25, 0.3) is 0 Å². The van der Waals surface area contributed by atoms with Crippen molar-refractivity contribution in [3.05, 3.63) is 24.0 Å². The van der Waals surface area contributed by atoms with Crippen LogP contribution in [0.5, 0.6) is 0 Å². The molecule has 0 aromatic heterocycles. The van der Waals surface area contributed by atoms with E-state index in [1.54, 1.807) is 0 Å². The molecule has 1 aliphatic rings. The van der Waals surface area contributed by atoms with Gasteiger partial charge < -0.3 is 15.6 Å². The molecule has 6 nitrogen and oxygen atoms in total. The maximum atomic E-state index is 13.0. The first-order valence-electron chi connectivity index (χ1n) is 6.73. The Morgan fingerprint density at radius 3 is 2.62 bits per heavy atom. The summed E-state index contributed by atoms with van der Waals surface area (Å²) in [6, 6.07) is 3.28. The van der Waals surface area contributed by atoms with E-state index in [-0.39, 0.29) is 29.9 Å². The molecule has 0 bridgehead atoms. The zero-order chi connectivity index (χ0) is 15.5. The lowest BCUT2D eigenvalue weighted by Crippen LogP contribution is -2.41. The second-order valence-electron chi connectivity index (χ2n) is 4.88. The summed E-state index contributed by atoms with van der Waals surface area (Å²) in [5.74, 6) is -0.567. The number of halogens is 1. The molecule has 2 rings (SSSR count). The summed E-state index contributed by atoms with van der Waals surface area (Å²) in [5, 5.41) is 8.70. The average molecular weight is 318 g/mol. The third-order valence-electron chi connectivity index (χ3n) is 3.44. The fourth-order valence-corrected chi connectivity index (χ4v) is 3.92. The van der Waals surface area contributed by atoms with Crippen LogP contribution in [0.15, 0.2) is 23.1 Å². The summed E-state index contributed by atoms with van der Waals surface area (Å²) in [7, 11) is -3.72. The maximum Gasteiger partial charge on any atom is 0.245 e. The van der Waals surface area contributed by atoms with Gasteiger partial charge in [0.2, 0.25) is 10.0 Å². The van der Waals surface area contributed by atoms with Crippen molar-refractivity contribution in [3.63, 3.8) is 0 Å². The van der Waals surface area contributed by atoms with Gasteiger partial charge >= 0.3 is 0 Å². The number of anilines is 1. The number of aliphatic hydroxyl groups is 1. The van der Waals surface area contributed by atoms with E-state index in [1.165, 1.54) is 10.4 Å². The SMILES string of the molecule is Nc1cc(F)ccc1S(=O)(=O)N1CCC(OCCO)CC1. The Labute approximate surface area is 123 Å². The molecule has 0 aliphatic carbocycles. The van der Waals surface area contributed by atoms with Crippen molar-refractivity contribution in [2.24, 2.45) is 0 Å². The first-order chi connectivity index (χ1) is 9.95. The van der Waals surface area contributed by atoms with Crippen molar-refractivity contribution in [1.29, 1.82) is 0 Å². The van der Waals surface area contributed by atoms with Crippen LogP contribution in [0.25, 0.3) is 0 Å². The summed E-state index contributed by atoms with van der Waals surface area (Å²) in [6.07, 6.45) is 1.06. The quantitative estimate of drug-likeness (QED) is 0.774. The van der Waals surface area contributed by atoms with Gasteiger partial charge in [-0.3, -0.25) is 0 Å². The number of nitrogens with two attached hydrogens (primary N) is 1. The molecule has 1 aliphatic heterocycles. The van der Waals surface area contributed by atoms with Crippen molar-refractivity contribution in [2.75, 3.05) is 32.0 Å².